The van der Waals surface area contributed by atoms with E-state index < -0.39 is 11.6 Å². The SMILES string of the molecule is N#CCN(Cc1c(F)ccc(Br)c1F)C1CCCC1. The minimum Gasteiger partial charge on any atom is -0.283 e. The zero-order valence-corrected chi connectivity index (χ0v) is 12.1. The molecular weight excluding hydrogens is 314 g/mol. The molecule has 5 heteroatoms. The molecule has 1 aromatic rings. The molecular formula is C14H15BrF2N2. The molecule has 0 atom stereocenters. The highest BCUT2D eigenvalue weighted by atomic mass is 79.9. The van der Waals surface area contributed by atoms with E-state index in [9.17, 15) is 8.78 Å². The van der Waals surface area contributed by atoms with Crippen LogP contribution in [0.4, 0.5) is 8.78 Å². The maximum atomic E-state index is 14.0. The summed E-state index contributed by atoms with van der Waals surface area (Å²) in [6.45, 7) is 0.353. The number of hydrogen-bond donors (Lipinski definition) is 0. The van der Waals surface area contributed by atoms with Crippen LogP contribution in [-0.4, -0.2) is 17.5 Å². The first kappa shape index (κ1) is 14.4. The molecule has 2 nitrogen and oxygen atoms in total. The van der Waals surface area contributed by atoms with Crippen molar-refractivity contribution in [3.05, 3.63) is 33.8 Å². The number of hydrogen-bond acceptors (Lipinski definition) is 2. The van der Waals surface area contributed by atoms with E-state index in [0.29, 0.717) is 0 Å². The molecule has 0 radical (unpaired) electrons. The smallest absolute Gasteiger partial charge is 0.144 e. The Kier molecular flexibility index (Phi) is 4.89. The number of nitrogens with zero attached hydrogens (tertiary/aromatic N) is 2. The van der Waals surface area contributed by atoms with Gasteiger partial charge < -0.3 is 0 Å². The molecule has 0 spiro atoms. The van der Waals surface area contributed by atoms with E-state index in [-0.39, 0.29) is 29.2 Å². The number of rotatable bonds is 4. The van der Waals surface area contributed by atoms with Gasteiger partial charge in [0.1, 0.15) is 11.6 Å². The molecule has 1 saturated carbocycles. The first-order chi connectivity index (χ1) is 9.13. The molecule has 1 aliphatic carbocycles. The van der Waals surface area contributed by atoms with Gasteiger partial charge in [-0.2, -0.15) is 5.26 Å². The molecule has 1 fully saturated rings. The summed E-state index contributed by atoms with van der Waals surface area (Å²) in [6, 6.07) is 4.96. The van der Waals surface area contributed by atoms with E-state index in [0.717, 1.165) is 25.7 Å². The predicted molar refractivity (Wildman–Crippen MR) is 72.3 cm³/mol. The first-order valence-electron chi connectivity index (χ1n) is 6.37. The van der Waals surface area contributed by atoms with Gasteiger partial charge in [0, 0.05) is 18.2 Å². The van der Waals surface area contributed by atoms with E-state index in [1.807, 2.05) is 4.90 Å². The monoisotopic (exact) mass is 328 g/mol. The minimum absolute atomic E-state index is 0.0384. The Balaban J connectivity index is 2.21. The lowest BCUT2D eigenvalue weighted by molar-refractivity contribution is 0.208. The highest BCUT2D eigenvalue weighted by molar-refractivity contribution is 9.10. The van der Waals surface area contributed by atoms with Crippen molar-refractivity contribution in [1.29, 1.82) is 5.26 Å². The average Bonchev–Trinajstić information content (AvgIpc) is 2.92. The second kappa shape index (κ2) is 6.44. The Hall–Kier alpha value is -0.990. The Labute approximate surface area is 120 Å². The molecule has 19 heavy (non-hydrogen) atoms. The average molecular weight is 329 g/mol. The molecule has 0 N–H and O–H groups in total. The van der Waals surface area contributed by atoms with Crippen LogP contribution in [0.5, 0.6) is 0 Å². The van der Waals surface area contributed by atoms with Crippen LogP contribution in [0.25, 0.3) is 0 Å². The lowest BCUT2D eigenvalue weighted by atomic mass is 10.1. The quantitative estimate of drug-likeness (QED) is 0.617. The number of halogens is 3. The highest BCUT2D eigenvalue weighted by Gasteiger charge is 2.24. The van der Waals surface area contributed by atoms with Gasteiger partial charge in [0.05, 0.1) is 17.1 Å². The van der Waals surface area contributed by atoms with Crippen LogP contribution < -0.4 is 0 Å². The van der Waals surface area contributed by atoms with Gasteiger partial charge in [-0.25, -0.2) is 8.78 Å². The maximum Gasteiger partial charge on any atom is 0.144 e. The Morgan fingerprint density at radius 3 is 2.63 bits per heavy atom. The van der Waals surface area contributed by atoms with Gasteiger partial charge in [0.25, 0.3) is 0 Å². The fourth-order valence-corrected chi connectivity index (χ4v) is 2.96. The van der Waals surface area contributed by atoms with E-state index in [1.54, 1.807) is 0 Å². The molecule has 0 aromatic heterocycles. The van der Waals surface area contributed by atoms with Crippen LogP contribution >= 0.6 is 15.9 Å². The maximum absolute atomic E-state index is 14.0. The van der Waals surface area contributed by atoms with E-state index in [2.05, 4.69) is 22.0 Å². The molecule has 0 saturated heterocycles. The molecule has 1 aromatic carbocycles. The predicted octanol–water partition coefficient (Wildman–Crippen LogP) is 4.00. The topological polar surface area (TPSA) is 27.0 Å². The lowest BCUT2D eigenvalue weighted by Gasteiger charge is -2.26. The van der Waals surface area contributed by atoms with Crippen molar-refractivity contribution in [3.8, 4) is 6.07 Å². The van der Waals surface area contributed by atoms with Gasteiger partial charge in [-0.3, -0.25) is 4.90 Å². The zero-order valence-electron chi connectivity index (χ0n) is 10.5. The van der Waals surface area contributed by atoms with Crippen LogP contribution in [0.3, 0.4) is 0 Å². The van der Waals surface area contributed by atoms with Crippen molar-refractivity contribution in [2.24, 2.45) is 0 Å². The Morgan fingerprint density at radius 2 is 2.00 bits per heavy atom. The van der Waals surface area contributed by atoms with Crippen LogP contribution in [0, 0.1) is 23.0 Å². The summed E-state index contributed by atoms with van der Waals surface area (Å²) < 4.78 is 28.0. The number of nitriles is 1. The lowest BCUT2D eigenvalue weighted by Crippen LogP contribution is -2.33. The molecule has 102 valence electrons. The summed E-state index contributed by atoms with van der Waals surface area (Å²) >= 11 is 3.07. The number of benzene rings is 1. The Morgan fingerprint density at radius 1 is 1.32 bits per heavy atom. The van der Waals surface area contributed by atoms with E-state index in [1.165, 1.54) is 12.1 Å². The summed E-state index contributed by atoms with van der Waals surface area (Å²) in [5, 5.41) is 8.88. The van der Waals surface area contributed by atoms with Gasteiger partial charge in [0.15, 0.2) is 0 Å². The summed E-state index contributed by atoms with van der Waals surface area (Å²) in [5.41, 5.74) is 0.0384. The van der Waals surface area contributed by atoms with Crippen LogP contribution in [0.1, 0.15) is 31.2 Å². The van der Waals surface area contributed by atoms with Crippen LogP contribution in [0.2, 0.25) is 0 Å². The first-order valence-corrected chi connectivity index (χ1v) is 7.16. The zero-order chi connectivity index (χ0) is 13.8. The summed E-state index contributed by atoms with van der Waals surface area (Å²) in [4.78, 5) is 1.88. The van der Waals surface area contributed by atoms with Crippen molar-refractivity contribution in [2.45, 2.75) is 38.3 Å². The van der Waals surface area contributed by atoms with Gasteiger partial charge >= 0.3 is 0 Å². The van der Waals surface area contributed by atoms with Gasteiger partial charge in [-0.1, -0.05) is 12.8 Å². The van der Waals surface area contributed by atoms with Gasteiger partial charge in [-0.15, -0.1) is 0 Å². The largest absolute Gasteiger partial charge is 0.283 e. The van der Waals surface area contributed by atoms with Crippen molar-refractivity contribution in [2.75, 3.05) is 6.54 Å². The second-order valence-corrected chi connectivity index (χ2v) is 5.68. The molecule has 0 unspecified atom stereocenters. The van der Waals surface area contributed by atoms with Crippen molar-refractivity contribution < 1.29 is 8.78 Å². The van der Waals surface area contributed by atoms with Crippen LogP contribution in [0.15, 0.2) is 16.6 Å². The highest BCUT2D eigenvalue weighted by Crippen LogP contribution is 2.27. The standard InChI is InChI=1S/C14H15BrF2N2/c15-12-5-6-13(16)11(14(12)17)9-19(8-7-18)10-3-1-2-4-10/h5-6,10H,1-4,8-9H2. The van der Waals surface area contributed by atoms with Crippen molar-refractivity contribution >= 4 is 15.9 Å². The van der Waals surface area contributed by atoms with E-state index >= 15 is 0 Å². The fourth-order valence-electron chi connectivity index (χ4n) is 2.59. The van der Waals surface area contributed by atoms with E-state index in [4.69, 9.17) is 5.26 Å². The molecule has 1 aliphatic rings. The minimum atomic E-state index is -0.569. The third-order valence-corrected chi connectivity index (χ3v) is 4.23. The normalized spacial score (nSPS) is 15.9. The van der Waals surface area contributed by atoms with Gasteiger partial charge in [-0.05, 0) is 40.9 Å². The van der Waals surface area contributed by atoms with Crippen LogP contribution in [-0.2, 0) is 6.54 Å². The summed E-state index contributed by atoms with van der Waals surface area (Å²) in [6.07, 6.45) is 4.24. The molecule has 0 bridgehead atoms. The molecule has 0 aliphatic heterocycles. The Bertz CT molecular complexity index is 493. The fraction of sp³-hybridized carbons (Fsp3) is 0.500. The third-order valence-electron chi connectivity index (χ3n) is 3.62. The second-order valence-electron chi connectivity index (χ2n) is 4.82. The third kappa shape index (κ3) is 3.31. The van der Waals surface area contributed by atoms with Crippen molar-refractivity contribution in [1.82, 2.24) is 4.90 Å². The molecule has 2 rings (SSSR count). The summed E-state index contributed by atoms with van der Waals surface area (Å²) in [7, 11) is 0. The van der Waals surface area contributed by atoms with Crippen molar-refractivity contribution in [3.63, 3.8) is 0 Å². The summed E-state index contributed by atoms with van der Waals surface area (Å²) in [5.74, 6) is -1.12. The van der Waals surface area contributed by atoms with Gasteiger partial charge in [0.2, 0.25) is 0 Å². The molecule has 0 heterocycles. The molecule has 0 amide bonds.